The van der Waals surface area contributed by atoms with Gasteiger partial charge in [-0.25, -0.2) is 16.8 Å². The smallest absolute Gasteiger partial charge is 0.744 e. The number of rotatable bonds is 15. The maximum atomic E-state index is 12.1. The van der Waals surface area contributed by atoms with Gasteiger partial charge in [-0.15, -0.1) is 5.11 Å². The summed E-state index contributed by atoms with van der Waals surface area (Å²) in [4.78, 5) is 9.95. The number of aromatic hydroxyl groups is 1. The first-order valence-corrected chi connectivity index (χ1v) is 16.7. The van der Waals surface area contributed by atoms with Crippen molar-refractivity contribution in [2.45, 2.75) is 87.8 Å². The van der Waals surface area contributed by atoms with Gasteiger partial charge in [0.2, 0.25) is 5.91 Å². The Bertz CT molecular complexity index is 1660. The van der Waals surface area contributed by atoms with Gasteiger partial charge < -0.3 is 19.5 Å². The summed E-state index contributed by atoms with van der Waals surface area (Å²) in [5, 5.41) is 20.6. The molecule has 0 aliphatic carbocycles. The Morgan fingerprint density at radius 2 is 1.39 bits per heavy atom. The van der Waals surface area contributed by atoms with Crippen LogP contribution in [-0.4, -0.2) is 37.0 Å². The van der Waals surface area contributed by atoms with Crippen molar-refractivity contribution in [3.8, 4) is 5.75 Å². The molecule has 3 aromatic rings. The molecule has 3 aromatic carbocycles. The molecule has 0 spiro atoms. The Morgan fingerprint density at radius 3 is 1.91 bits per heavy atom. The summed E-state index contributed by atoms with van der Waals surface area (Å²) in [5.74, 6) is -1.51. The third-order valence-electron chi connectivity index (χ3n) is 6.76. The second kappa shape index (κ2) is 18.7. The zero-order valence-corrected chi connectivity index (χ0v) is 31.3. The maximum absolute atomic E-state index is 12.1. The molecule has 0 aliphatic heterocycles. The number of nitrogens with one attached hydrogen (secondary N) is 1. The summed E-state index contributed by atoms with van der Waals surface area (Å²) in [5.41, 5.74) is 0.437. The minimum absolute atomic E-state index is 0. The van der Waals surface area contributed by atoms with E-state index in [-0.39, 0.29) is 75.6 Å². The average molecular weight is 664 g/mol. The fraction of sp³-hybridized carbons (Fsp3) is 0.414. The molecule has 0 fully saturated rings. The predicted molar refractivity (Wildman–Crippen MR) is 157 cm³/mol. The van der Waals surface area contributed by atoms with E-state index in [0.29, 0.717) is 5.69 Å². The number of phenols is 1. The Balaban J connectivity index is 0.00000484. The summed E-state index contributed by atoms with van der Waals surface area (Å²) < 4.78 is 71.1. The Labute approximate surface area is 303 Å². The topological polar surface area (TPSA) is 188 Å². The van der Waals surface area contributed by atoms with Gasteiger partial charge in [0.1, 0.15) is 25.9 Å². The Hall–Kier alpha value is -1.39. The van der Waals surface area contributed by atoms with Crippen LogP contribution in [0.5, 0.6) is 5.75 Å². The molecule has 15 heteroatoms. The van der Waals surface area contributed by atoms with Crippen molar-refractivity contribution >= 4 is 54.0 Å². The minimum atomic E-state index is -5.24. The van der Waals surface area contributed by atoms with E-state index in [4.69, 9.17) is 0 Å². The monoisotopic (exact) mass is 663 g/mol. The van der Waals surface area contributed by atoms with Crippen LogP contribution in [0.3, 0.4) is 0 Å². The molecule has 11 nitrogen and oxygen atoms in total. The quantitative estimate of drug-likeness (QED) is 0.103. The van der Waals surface area contributed by atoms with Crippen molar-refractivity contribution in [3.63, 3.8) is 0 Å². The van der Waals surface area contributed by atoms with E-state index >= 15 is 0 Å². The van der Waals surface area contributed by atoms with Gasteiger partial charge in [-0.05, 0) is 54.1 Å². The fourth-order valence-corrected chi connectivity index (χ4v) is 5.84. The van der Waals surface area contributed by atoms with Crippen LogP contribution in [0.4, 0.5) is 17.1 Å². The Kier molecular flexibility index (Phi) is 17.3. The molecule has 2 N–H and O–H groups in total. The van der Waals surface area contributed by atoms with Gasteiger partial charge in [-0.2, -0.15) is 5.11 Å². The van der Waals surface area contributed by atoms with E-state index in [2.05, 4.69) is 22.5 Å². The van der Waals surface area contributed by atoms with Gasteiger partial charge in [0.25, 0.3) is 0 Å². The van der Waals surface area contributed by atoms with Crippen LogP contribution in [-0.2, 0) is 31.5 Å². The molecular weight excluding hydrogens is 628 g/mol. The molecule has 0 saturated carbocycles. The molecule has 0 aliphatic rings. The molecule has 0 radical (unpaired) electrons. The summed E-state index contributed by atoms with van der Waals surface area (Å²) >= 11 is 0. The molecule has 228 valence electrons. The van der Waals surface area contributed by atoms with Crippen LogP contribution < -0.4 is 64.4 Å². The second-order valence-corrected chi connectivity index (χ2v) is 12.9. The summed E-state index contributed by atoms with van der Waals surface area (Å²) in [6, 6.07) is 9.47. The van der Waals surface area contributed by atoms with Crippen molar-refractivity contribution in [3.05, 3.63) is 48.0 Å². The van der Waals surface area contributed by atoms with E-state index in [0.717, 1.165) is 49.9 Å². The molecule has 0 unspecified atom stereocenters. The molecule has 0 bridgehead atoms. The number of fused-ring (bicyclic) bond motifs is 1. The number of aryl methyl sites for hydroxylation is 1. The number of anilines is 1. The molecule has 1 amide bonds. The number of hydrogen-bond donors (Lipinski definition) is 2. The number of benzene rings is 3. The van der Waals surface area contributed by atoms with E-state index in [9.17, 15) is 35.8 Å². The Morgan fingerprint density at radius 1 is 0.818 bits per heavy atom. The minimum Gasteiger partial charge on any atom is -0.744 e. The van der Waals surface area contributed by atoms with Crippen LogP contribution in [0.2, 0.25) is 0 Å². The fourth-order valence-electron chi connectivity index (χ4n) is 4.66. The van der Waals surface area contributed by atoms with E-state index in [1.807, 2.05) is 12.1 Å². The predicted octanol–water partition coefficient (Wildman–Crippen LogP) is 0.809. The number of unbranched alkanes of at least 4 members (excludes halogenated alkanes) is 8. The van der Waals surface area contributed by atoms with E-state index in [1.165, 1.54) is 44.9 Å². The zero-order chi connectivity index (χ0) is 30.9. The van der Waals surface area contributed by atoms with Crippen LogP contribution in [0, 0.1) is 0 Å². The third-order valence-corrected chi connectivity index (χ3v) is 8.43. The van der Waals surface area contributed by atoms with Crippen molar-refractivity contribution in [2.75, 3.05) is 5.32 Å². The standard InChI is InChI=1S/C29H37N3O8S2.2Na/c1-3-4-5-6-7-8-9-10-11-12-21-13-15-23(16-14-21)31-32-28-26(42(38,39)40)18-22-17-24(41(35,36)37)19-25(30-20(2)33)27(22)29(28)34;;/h13-19,34H,3-12H2,1-2H3,(H,30,33)(H,35,36,37)(H,38,39,40);;/q;2*+1/p-2. The maximum Gasteiger partial charge on any atom is 1.00 e. The largest absolute Gasteiger partial charge is 1.00 e. The number of azo groups is 1. The number of carbonyl (C=O) groups is 1. The normalized spacial score (nSPS) is 11.7. The number of hydrogen-bond acceptors (Lipinski definition) is 10. The third kappa shape index (κ3) is 12.1. The van der Waals surface area contributed by atoms with Crippen molar-refractivity contribution in [1.29, 1.82) is 0 Å². The number of nitrogens with zero attached hydrogens (tertiary/aromatic N) is 2. The van der Waals surface area contributed by atoms with Gasteiger partial charge in [-0.1, -0.05) is 70.4 Å². The summed E-state index contributed by atoms with van der Waals surface area (Å²) in [6.07, 6.45) is 12.0. The molecule has 44 heavy (non-hydrogen) atoms. The van der Waals surface area contributed by atoms with Gasteiger partial charge in [0.05, 0.1) is 21.2 Å². The number of amides is 1. The molecular formula is C29H35N3Na2O8S2. The molecule has 0 aromatic heterocycles. The van der Waals surface area contributed by atoms with Gasteiger partial charge in [0, 0.05) is 12.3 Å². The zero-order valence-electron chi connectivity index (χ0n) is 25.6. The SMILES string of the molecule is CCCCCCCCCCCc1ccc(N=Nc2c(S(=O)(=O)[O-])cc3cc(S(=O)(=O)[O-])cc(NC(C)=O)c3c2O)cc1.[Na+].[Na+]. The van der Waals surface area contributed by atoms with Crippen LogP contribution in [0.25, 0.3) is 10.8 Å². The van der Waals surface area contributed by atoms with Crippen molar-refractivity contribution < 1.29 is 95.0 Å². The van der Waals surface area contributed by atoms with Crippen molar-refractivity contribution in [2.24, 2.45) is 10.2 Å². The first-order valence-electron chi connectivity index (χ1n) is 13.8. The summed E-state index contributed by atoms with van der Waals surface area (Å²) in [6.45, 7) is 3.32. The average Bonchev–Trinajstić information content (AvgIpc) is 2.90. The van der Waals surface area contributed by atoms with E-state index in [1.54, 1.807) is 12.1 Å². The number of phenolic OH excluding ortho intramolecular Hbond substituents is 1. The first kappa shape index (κ1) is 40.6. The molecule has 3 rings (SSSR count). The van der Waals surface area contributed by atoms with Crippen LogP contribution in [0.1, 0.15) is 77.2 Å². The van der Waals surface area contributed by atoms with E-state index < -0.39 is 47.4 Å². The second-order valence-electron chi connectivity index (χ2n) is 10.2. The van der Waals surface area contributed by atoms with Crippen LogP contribution in [0.15, 0.2) is 62.5 Å². The summed E-state index contributed by atoms with van der Waals surface area (Å²) in [7, 11) is -10.3. The molecule has 0 saturated heterocycles. The van der Waals surface area contributed by atoms with Gasteiger partial charge in [-0.3, -0.25) is 4.79 Å². The first-order chi connectivity index (χ1) is 19.8. The van der Waals surface area contributed by atoms with Crippen molar-refractivity contribution in [1.82, 2.24) is 0 Å². The molecule has 0 heterocycles. The van der Waals surface area contributed by atoms with Crippen LogP contribution >= 0.6 is 0 Å². The molecule has 0 atom stereocenters. The van der Waals surface area contributed by atoms with Gasteiger partial charge in [0.15, 0.2) is 5.75 Å². The van der Waals surface area contributed by atoms with Gasteiger partial charge >= 0.3 is 59.1 Å². The number of carbonyl (C=O) groups excluding carboxylic acids is 1.